The number of aromatic nitrogens is 2. The molecule has 0 spiro atoms. The second kappa shape index (κ2) is 8.48. The highest BCUT2D eigenvalue weighted by Gasteiger charge is 2.09. The van der Waals surface area contributed by atoms with Gasteiger partial charge in [-0.15, -0.1) is 23.7 Å². The fourth-order valence-electron chi connectivity index (χ4n) is 2.91. The van der Waals surface area contributed by atoms with Crippen molar-refractivity contribution in [2.75, 3.05) is 11.9 Å². The molecule has 0 fully saturated rings. The van der Waals surface area contributed by atoms with Crippen LogP contribution >= 0.6 is 23.7 Å². The van der Waals surface area contributed by atoms with Gasteiger partial charge in [0.2, 0.25) is 0 Å². The molecule has 2 heterocycles. The van der Waals surface area contributed by atoms with Crippen molar-refractivity contribution in [1.29, 1.82) is 0 Å². The number of fused-ring (bicyclic) bond motifs is 1. The van der Waals surface area contributed by atoms with E-state index < -0.39 is 0 Å². The van der Waals surface area contributed by atoms with Crippen molar-refractivity contribution >= 4 is 39.6 Å². The van der Waals surface area contributed by atoms with Gasteiger partial charge in [-0.05, 0) is 30.0 Å². The summed E-state index contributed by atoms with van der Waals surface area (Å²) in [4.78, 5) is 9.91. The van der Waals surface area contributed by atoms with Gasteiger partial charge in [-0.2, -0.15) is 0 Å². The number of nitrogens with two attached hydrogens (primary N) is 1. The van der Waals surface area contributed by atoms with Crippen LogP contribution in [0.4, 0.5) is 5.82 Å². The van der Waals surface area contributed by atoms with Crippen LogP contribution in [0.5, 0.6) is 0 Å². The maximum atomic E-state index is 6.25. The van der Waals surface area contributed by atoms with Crippen LogP contribution in [0.25, 0.3) is 20.7 Å². The van der Waals surface area contributed by atoms with Crippen LogP contribution in [0.15, 0.2) is 67.0 Å². The number of nitrogens with zero attached hydrogens (tertiary/aromatic N) is 2. The summed E-state index contributed by atoms with van der Waals surface area (Å²) in [6.07, 6.45) is 1.60. The Morgan fingerprint density at radius 3 is 2.67 bits per heavy atom. The minimum Gasteiger partial charge on any atom is -0.368 e. The van der Waals surface area contributed by atoms with E-state index in [2.05, 4.69) is 46.5 Å². The fourth-order valence-corrected chi connectivity index (χ4v) is 3.92. The first-order valence-electron chi connectivity index (χ1n) is 8.56. The Bertz CT molecular complexity index is 1030. The number of nitrogens with one attached hydrogen (secondary N) is 1. The topological polar surface area (TPSA) is 63.8 Å². The molecule has 27 heavy (non-hydrogen) atoms. The van der Waals surface area contributed by atoms with Crippen LogP contribution in [0, 0.1) is 6.92 Å². The van der Waals surface area contributed by atoms with Crippen LogP contribution in [-0.2, 0) is 0 Å². The van der Waals surface area contributed by atoms with Crippen LogP contribution in [0.1, 0.15) is 17.2 Å². The van der Waals surface area contributed by atoms with Crippen molar-refractivity contribution in [2.24, 2.45) is 5.73 Å². The maximum Gasteiger partial charge on any atom is 0.130 e. The lowest BCUT2D eigenvalue weighted by Crippen LogP contribution is -2.20. The molecule has 0 aliphatic heterocycles. The Hall–Kier alpha value is -2.47. The molecule has 0 aliphatic carbocycles. The van der Waals surface area contributed by atoms with Gasteiger partial charge in [-0.1, -0.05) is 48.0 Å². The van der Waals surface area contributed by atoms with Gasteiger partial charge in [0.05, 0.1) is 10.6 Å². The van der Waals surface area contributed by atoms with Crippen LogP contribution in [0.3, 0.4) is 0 Å². The number of halogens is 1. The van der Waals surface area contributed by atoms with Gasteiger partial charge in [-0.3, -0.25) is 0 Å². The molecular weight excluding hydrogens is 376 g/mol. The van der Waals surface area contributed by atoms with Crippen LogP contribution < -0.4 is 11.1 Å². The van der Waals surface area contributed by atoms with Gasteiger partial charge >= 0.3 is 0 Å². The molecule has 0 aliphatic rings. The second-order valence-corrected chi connectivity index (χ2v) is 7.42. The predicted molar refractivity (Wildman–Crippen MR) is 117 cm³/mol. The molecule has 1 unspecified atom stereocenters. The zero-order valence-electron chi connectivity index (χ0n) is 14.9. The summed E-state index contributed by atoms with van der Waals surface area (Å²) in [7, 11) is 0. The first-order valence-corrected chi connectivity index (χ1v) is 9.38. The Morgan fingerprint density at radius 2 is 1.85 bits per heavy atom. The van der Waals surface area contributed by atoms with Crippen LogP contribution in [-0.4, -0.2) is 16.5 Å². The van der Waals surface area contributed by atoms with Crippen molar-refractivity contribution in [3.8, 4) is 10.6 Å². The maximum absolute atomic E-state index is 6.25. The average Bonchev–Trinajstić information content (AvgIpc) is 3.10. The van der Waals surface area contributed by atoms with Crippen molar-refractivity contribution in [3.63, 3.8) is 0 Å². The third kappa shape index (κ3) is 4.45. The van der Waals surface area contributed by atoms with Crippen LogP contribution in [0.2, 0.25) is 0 Å². The summed E-state index contributed by atoms with van der Waals surface area (Å²) >= 11 is 1.75. The lowest BCUT2D eigenvalue weighted by molar-refractivity contribution is 0.761. The Balaban J connectivity index is 0.00000210. The van der Waals surface area contributed by atoms with E-state index in [0.717, 1.165) is 22.0 Å². The quantitative estimate of drug-likeness (QED) is 0.486. The van der Waals surface area contributed by atoms with E-state index in [4.69, 9.17) is 5.73 Å². The van der Waals surface area contributed by atoms with Gasteiger partial charge in [0.15, 0.2) is 0 Å². The minimum absolute atomic E-state index is 0. The molecule has 4 aromatic rings. The summed E-state index contributed by atoms with van der Waals surface area (Å²) in [5.74, 6) is 0.787. The number of anilines is 1. The summed E-state index contributed by atoms with van der Waals surface area (Å²) < 4.78 is 1.27. The van der Waals surface area contributed by atoms with Gasteiger partial charge in [-0.25, -0.2) is 9.97 Å². The SMILES string of the molecule is Cc1ccc2sc(-c3cc(NCC(N)c4ccccc4)ncn3)cc2c1.Cl. The van der Waals surface area contributed by atoms with Gasteiger partial charge in [0.25, 0.3) is 0 Å². The number of aryl methyl sites for hydroxylation is 1. The molecule has 0 radical (unpaired) electrons. The van der Waals surface area contributed by atoms with E-state index in [-0.39, 0.29) is 18.4 Å². The van der Waals surface area contributed by atoms with Gasteiger partial charge in [0, 0.05) is 23.4 Å². The number of benzene rings is 2. The Kier molecular flexibility index (Phi) is 6.06. The monoisotopic (exact) mass is 396 g/mol. The van der Waals surface area contributed by atoms with Crippen molar-refractivity contribution in [2.45, 2.75) is 13.0 Å². The molecule has 0 bridgehead atoms. The van der Waals surface area contributed by atoms with Gasteiger partial charge in [0.1, 0.15) is 12.1 Å². The molecule has 1 atom stereocenters. The van der Waals surface area contributed by atoms with E-state index in [0.29, 0.717) is 6.54 Å². The predicted octanol–water partition coefficient (Wildman–Crippen LogP) is 5.20. The first kappa shape index (κ1) is 19.3. The third-order valence-corrected chi connectivity index (χ3v) is 5.46. The molecule has 4 rings (SSSR count). The highest BCUT2D eigenvalue weighted by molar-refractivity contribution is 7.22. The van der Waals surface area contributed by atoms with Crippen molar-refractivity contribution in [3.05, 3.63) is 78.1 Å². The lowest BCUT2D eigenvalue weighted by atomic mass is 10.1. The molecule has 2 aromatic heterocycles. The molecule has 0 saturated heterocycles. The highest BCUT2D eigenvalue weighted by Crippen LogP contribution is 2.33. The number of rotatable bonds is 5. The van der Waals surface area contributed by atoms with Gasteiger partial charge < -0.3 is 11.1 Å². The smallest absolute Gasteiger partial charge is 0.130 e. The molecule has 4 nitrogen and oxygen atoms in total. The fraction of sp³-hybridized carbons (Fsp3) is 0.143. The summed E-state index contributed by atoms with van der Waals surface area (Å²) in [5, 5.41) is 4.58. The summed E-state index contributed by atoms with van der Waals surface area (Å²) in [5.41, 5.74) is 9.55. The van der Waals surface area contributed by atoms with E-state index >= 15 is 0 Å². The zero-order chi connectivity index (χ0) is 17.9. The van der Waals surface area contributed by atoms with Crippen molar-refractivity contribution < 1.29 is 0 Å². The zero-order valence-corrected chi connectivity index (χ0v) is 16.6. The molecule has 2 aromatic carbocycles. The Labute approximate surface area is 168 Å². The standard InChI is InChI=1S/C21H20N4S.ClH/c1-14-7-8-19-16(9-14)10-20(26-19)18-11-21(25-13-24-18)23-12-17(22)15-5-3-2-4-6-15;/h2-11,13,17H,12,22H2,1H3,(H,23,24,25);1H. The molecule has 138 valence electrons. The first-order chi connectivity index (χ1) is 12.7. The largest absolute Gasteiger partial charge is 0.368 e. The number of thiophene rings is 1. The van der Waals surface area contributed by atoms with E-state index in [9.17, 15) is 0 Å². The highest BCUT2D eigenvalue weighted by atomic mass is 35.5. The van der Waals surface area contributed by atoms with E-state index in [1.165, 1.54) is 15.6 Å². The molecule has 3 N–H and O–H groups in total. The molecular formula is C21H21ClN4S. The average molecular weight is 397 g/mol. The molecule has 0 amide bonds. The number of hydrogen-bond acceptors (Lipinski definition) is 5. The lowest BCUT2D eigenvalue weighted by Gasteiger charge is -2.13. The minimum atomic E-state index is -0.0816. The van der Waals surface area contributed by atoms with Crippen molar-refractivity contribution in [1.82, 2.24) is 9.97 Å². The van der Waals surface area contributed by atoms with E-state index in [1.54, 1.807) is 17.7 Å². The number of hydrogen-bond donors (Lipinski definition) is 2. The molecule has 6 heteroatoms. The summed E-state index contributed by atoms with van der Waals surface area (Å²) in [6.45, 7) is 2.73. The normalized spacial score (nSPS) is 11.8. The van der Waals surface area contributed by atoms with E-state index in [1.807, 2.05) is 36.4 Å². The summed E-state index contributed by atoms with van der Waals surface area (Å²) in [6, 6.07) is 20.7. The third-order valence-electron chi connectivity index (χ3n) is 4.32. The molecule has 0 saturated carbocycles. The second-order valence-electron chi connectivity index (χ2n) is 6.34. The Morgan fingerprint density at radius 1 is 1.04 bits per heavy atom.